The van der Waals surface area contributed by atoms with Crippen molar-refractivity contribution in [3.8, 4) is 11.5 Å². The molecule has 0 saturated carbocycles. The van der Waals surface area contributed by atoms with E-state index in [1.807, 2.05) is 55.5 Å². The Morgan fingerprint density at radius 2 is 1.85 bits per heavy atom. The maximum Gasteiger partial charge on any atom is 0.319 e. The number of carbonyl (C=O) groups excluding carboxylic acids is 1. The number of nitrogens with one attached hydrogen (secondary N) is 2. The number of likely N-dealkylation sites (tertiary alicyclic amines) is 1. The number of aryl methyl sites for hydroxylation is 1. The molecule has 1 fully saturated rings. The number of rotatable bonds is 5. The van der Waals surface area contributed by atoms with E-state index in [0.29, 0.717) is 0 Å². The van der Waals surface area contributed by atoms with Crippen LogP contribution in [0, 0.1) is 6.92 Å². The highest BCUT2D eigenvalue weighted by Crippen LogP contribution is 2.26. The van der Waals surface area contributed by atoms with E-state index >= 15 is 0 Å². The summed E-state index contributed by atoms with van der Waals surface area (Å²) in [5.74, 6) is 1.55. The number of benzene rings is 2. The molecule has 2 N–H and O–H groups in total. The summed E-state index contributed by atoms with van der Waals surface area (Å²) >= 11 is 0. The number of hydrogen-bond acceptors (Lipinski definition) is 3. The molecule has 1 saturated heterocycles. The lowest BCUT2D eigenvalue weighted by Gasteiger charge is -2.31. The smallest absolute Gasteiger partial charge is 0.319 e. The molecule has 0 unspecified atom stereocenters. The maximum absolute atomic E-state index is 12.3. The predicted molar refractivity (Wildman–Crippen MR) is 105 cm³/mol. The van der Waals surface area contributed by atoms with Crippen molar-refractivity contribution in [1.29, 1.82) is 0 Å². The first-order valence-corrected chi connectivity index (χ1v) is 9.27. The van der Waals surface area contributed by atoms with Crippen LogP contribution < -0.4 is 15.4 Å². The SMILES string of the molecule is CCN1CCC(NC(=O)Nc2ccc(Oc3ccccc3)cc2C)CC1. The summed E-state index contributed by atoms with van der Waals surface area (Å²) in [5, 5.41) is 6.04. The fraction of sp³-hybridized carbons (Fsp3) is 0.381. The summed E-state index contributed by atoms with van der Waals surface area (Å²) in [6, 6.07) is 15.5. The lowest BCUT2D eigenvalue weighted by molar-refractivity contribution is 0.203. The fourth-order valence-corrected chi connectivity index (χ4v) is 3.20. The second-order valence-electron chi connectivity index (χ2n) is 6.70. The lowest BCUT2D eigenvalue weighted by Crippen LogP contribution is -2.45. The number of nitrogens with zero attached hydrogens (tertiary/aromatic N) is 1. The Kier molecular flexibility index (Phi) is 6.12. The van der Waals surface area contributed by atoms with Crippen molar-refractivity contribution in [2.45, 2.75) is 32.7 Å². The first-order chi connectivity index (χ1) is 12.6. The summed E-state index contributed by atoms with van der Waals surface area (Å²) in [7, 11) is 0. The molecule has 3 rings (SSSR count). The molecule has 0 spiro atoms. The number of hydrogen-bond donors (Lipinski definition) is 2. The Hall–Kier alpha value is -2.53. The Morgan fingerprint density at radius 1 is 1.12 bits per heavy atom. The van der Waals surface area contributed by atoms with Gasteiger partial charge in [-0.25, -0.2) is 4.79 Å². The van der Waals surface area contributed by atoms with Gasteiger partial charge in [0.2, 0.25) is 0 Å². The topological polar surface area (TPSA) is 53.6 Å². The molecule has 5 heteroatoms. The van der Waals surface area contributed by atoms with Gasteiger partial charge in [0.1, 0.15) is 11.5 Å². The van der Waals surface area contributed by atoms with Gasteiger partial charge in [-0.3, -0.25) is 0 Å². The van der Waals surface area contributed by atoms with Crippen LogP contribution >= 0.6 is 0 Å². The van der Waals surface area contributed by atoms with E-state index in [2.05, 4.69) is 22.5 Å². The molecular formula is C21H27N3O2. The fourth-order valence-electron chi connectivity index (χ4n) is 3.20. The van der Waals surface area contributed by atoms with Gasteiger partial charge in [-0.05, 0) is 62.2 Å². The highest BCUT2D eigenvalue weighted by molar-refractivity contribution is 5.90. The standard InChI is InChI=1S/C21H27N3O2/c1-3-24-13-11-17(12-14-24)22-21(25)23-20-10-9-19(15-16(20)2)26-18-7-5-4-6-8-18/h4-10,15,17H,3,11-14H2,1-2H3,(H2,22,23,25). The molecule has 1 aliphatic rings. The van der Waals surface area contributed by atoms with Gasteiger partial charge < -0.3 is 20.3 Å². The molecular weight excluding hydrogens is 326 g/mol. The molecule has 2 aromatic carbocycles. The molecule has 0 radical (unpaired) electrons. The lowest BCUT2D eigenvalue weighted by atomic mass is 10.1. The van der Waals surface area contributed by atoms with Gasteiger partial charge in [0, 0.05) is 24.8 Å². The van der Waals surface area contributed by atoms with Gasteiger partial charge in [0.05, 0.1) is 0 Å². The van der Waals surface area contributed by atoms with E-state index in [4.69, 9.17) is 4.74 Å². The second-order valence-corrected chi connectivity index (χ2v) is 6.70. The van der Waals surface area contributed by atoms with Crippen LogP contribution in [-0.2, 0) is 0 Å². The minimum atomic E-state index is -0.139. The predicted octanol–water partition coefficient (Wildman–Crippen LogP) is 4.39. The van der Waals surface area contributed by atoms with E-state index in [-0.39, 0.29) is 12.1 Å². The molecule has 0 atom stereocenters. The summed E-state index contributed by atoms with van der Waals surface area (Å²) in [5.41, 5.74) is 1.77. The quantitative estimate of drug-likeness (QED) is 0.838. The largest absolute Gasteiger partial charge is 0.457 e. The summed E-state index contributed by atoms with van der Waals surface area (Å²) in [4.78, 5) is 14.7. The average molecular weight is 353 g/mol. The summed E-state index contributed by atoms with van der Waals surface area (Å²) in [6.45, 7) is 7.31. The third-order valence-electron chi connectivity index (χ3n) is 4.79. The van der Waals surface area contributed by atoms with Crippen LogP contribution in [0.25, 0.3) is 0 Å². The van der Waals surface area contributed by atoms with Crippen molar-refractivity contribution in [2.24, 2.45) is 0 Å². The molecule has 0 aromatic heterocycles. The number of amides is 2. The van der Waals surface area contributed by atoms with Crippen LogP contribution in [-0.4, -0.2) is 36.6 Å². The Morgan fingerprint density at radius 3 is 2.50 bits per heavy atom. The van der Waals surface area contributed by atoms with Crippen molar-refractivity contribution in [2.75, 3.05) is 25.0 Å². The molecule has 2 aromatic rings. The van der Waals surface area contributed by atoms with Gasteiger partial charge in [-0.1, -0.05) is 25.1 Å². The number of para-hydroxylation sites is 1. The zero-order valence-corrected chi connectivity index (χ0v) is 15.5. The summed E-state index contributed by atoms with van der Waals surface area (Å²) in [6.07, 6.45) is 2.01. The van der Waals surface area contributed by atoms with Gasteiger partial charge in [0.15, 0.2) is 0 Å². The number of anilines is 1. The average Bonchev–Trinajstić information content (AvgIpc) is 2.65. The van der Waals surface area contributed by atoms with Crippen molar-refractivity contribution >= 4 is 11.7 Å². The van der Waals surface area contributed by atoms with Crippen LogP contribution in [0.4, 0.5) is 10.5 Å². The van der Waals surface area contributed by atoms with Crippen LogP contribution in [0.5, 0.6) is 11.5 Å². The first kappa shape index (κ1) is 18.3. The van der Waals surface area contributed by atoms with Gasteiger partial charge in [-0.15, -0.1) is 0 Å². The van der Waals surface area contributed by atoms with Crippen LogP contribution in [0.3, 0.4) is 0 Å². The van der Waals surface area contributed by atoms with Crippen molar-refractivity contribution < 1.29 is 9.53 Å². The number of piperidine rings is 1. The molecule has 5 nitrogen and oxygen atoms in total. The van der Waals surface area contributed by atoms with E-state index in [9.17, 15) is 4.79 Å². The molecule has 26 heavy (non-hydrogen) atoms. The molecule has 1 heterocycles. The zero-order valence-electron chi connectivity index (χ0n) is 15.5. The van der Waals surface area contributed by atoms with Crippen molar-refractivity contribution in [3.63, 3.8) is 0 Å². The third kappa shape index (κ3) is 4.99. The molecule has 0 bridgehead atoms. The molecule has 138 valence electrons. The number of urea groups is 1. The minimum Gasteiger partial charge on any atom is -0.457 e. The van der Waals surface area contributed by atoms with Crippen LogP contribution in [0.1, 0.15) is 25.3 Å². The Balaban J connectivity index is 1.54. The van der Waals surface area contributed by atoms with E-state index in [1.165, 1.54) is 0 Å². The van der Waals surface area contributed by atoms with Crippen LogP contribution in [0.2, 0.25) is 0 Å². The normalized spacial score (nSPS) is 15.5. The Labute approximate surface area is 155 Å². The highest BCUT2D eigenvalue weighted by atomic mass is 16.5. The zero-order chi connectivity index (χ0) is 18.4. The van der Waals surface area contributed by atoms with Gasteiger partial charge in [-0.2, -0.15) is 0 Å². The van der Waals surface area contributed by atoms with E-state index in [1.54, 1.807) is 0 Å². The third-order valence-corrected chi connectivity index (χ3v) is 4.79. The van der Waals surface area contributed by atoms with E-state index in [0.717, 1.165) is 55.2 Å². The number of carbonyl (C=O) groups is 1. The highest BCUT2D eigenvalue weighted by Gasteiger charge is 2.19. The van der Waals surface area contributed by atoms with Gasteiger partial charge in [0.25, 0.3) is 0 Å². The van der Waals surface area contributed by atoms with Gasteiger partial charge >= 0.3 is 6.03 Å². The van der Waals surface area contributed by atoms with Crippen molar-refractivity contribution in [1.82, 2.24) is 10.2 Å². The number of ether oxygens (including phenoxy) is 1. The van der Waals surface area contributed by atoms with Crippen molar-refractivity contribution in [3.05, 3.63) is 54.1 Å². The monoisotopic (exact) mass is 353 g/mol. The molecule has 1 aliphatic heterocycles. The minimum absolute atomic E-state index is 0.139. The van der Waals surface area contributed by atoms with E-state index < -0.39 is 0 Å². The summed E-state index contributed by atoms with van der Waals surface area (Å²) < 4.78 is 5.83. The molecule has 0 aliphatic carbocycles. The second kappa shape index (κ2) is 8.72. The van der Waals surface area contributed by atoms with Crippen LogP contribution in [0.15, 0.2) is 48.5 Å². The molecule has 2 amide bonds. The Bertz CT molecular complexity index is 725. The maximum atomic E-state index is 12.3. The first-order valence-electron chi connectivity index (χ1n) is 9.27.